The molecule has 3 heteroatoms. The predicted octanol–water partition coefficient (Wildman–Crippen LogP) is 1.91. The van der Waals surface area contributed by atoms with Crippen LogP contribution in [-0.4, -0.2) is 22.8 Å². The van der Waals surface area contributed by atoms with Gasteiger partial charge in [-0.25, -0.2) is 0 Å². The maximum absolute atomic E-state index is 11.6. The van der Waals surface area contributed by atoms with Crippen LogP contribution >= 0.6 is 22.6 Å². The van der Waals surface area contributed by atoms with Crippen molar-refractivity contribution in [3.8, 4) is 0 Å². The summed E-state index contributed by atoms with van der Waals surface area (Å²) in [7, 11) is 1.91. The molecular weight excluding hydrogens is 265 g/mol. The Hall–Kier alpha value is 0.360. The van der Waals surface area contributed by atoms with Gasteiger partial charge in [0.25, 0.3) is 0 Å². The third-order valence-electron chi connectivity index (χ3n) is 2.84. The molecule has 1 aliphatic rings. The van der Waals surface area contributed by atoms with Gasteiger partial charge in [-0.05, 0) is 19.9 Å². The molecule has 1 rings (SSSR count). The molecule has 0 aliphatic heterocycles. The third kappa shape index (κ3) is 1.99. The van der Waals surface area contributed by atoms with E-state index in [9.17, 15) is 4.79 Å². The van der Waals surface area contributed by atoms with Crippen molar-refractivity contribution in [2.24, 2.45) is 0 Å². The number of rotatable bonds is 3. The molecule has 70 valence electrons. The fraction of sp³-hybridized carbons (Fsp3) is 0.889. The van der Waals surface area contributed by atoms with Gasteiger partial charge in [0, 0.05) is 0 Å². The lowest BCUT2D eigenvalue weighted by Crippen LogP contribution is -2.52. The van der Waals surface area contributed by atoms with E-state index in [1.54, 1.807) is 0 Å². The minimum atomic E-state index is -0.167. The number of alkyl halides is 1. The summed E-state index contributed by atoms with van der Waals surface area (Å²) >= 11 is 2.16. The predicted molar refractivity (Wildman–Crippen MR) is 58.8 cm³/mol. The van der Waals surface area contributed by atoms with Crippen LogP contribution in [0.3, 0.4) is 0 Å². The molecule has 2 nitrogen and oxygen atoms in total. The van der Waals surface area contributed by atoms with Crippen LogP contribution in [0.25, 0.3) is 0 Å². The van der Waals surface area contributed by atoms with Gasteiger partial charge in [0.1, 0.15) is 0 Å². The second-order valence-electron chi connectivity index (χ2n) is 3.45. The highest BCUT2D eigenvalue weighted by Crippen LogP contribution is 2.29. The summed E-state index contributed by atoms with van der Waals surface area (Å²) in [5.41, 5.74) is -0.167. The average molecular weight is 281 g/mol. The van der Waals surface area contributed by atoms with E-state index in [0.29, 0.717) is 10.2 Å². The molecule has 1 N–H and O–H groups in total. The van der Waals surface area contributed by atoms with Crippen LogP contribution in [0.15, 0.2) is 0 Å². The van der Waals surface area contributed by atoms with E-state index in [0.717, 1.165) is 12.8 Å². The Bertz CT molecular complexity index is 164. The molecule has 0 bridgehead atoms. The maximum atomic E-state index is 11.6. The third-order valence-corrected chi connectivity index (χ3v) is 3.53. The van der Waals surface area contributed by atoms with E-state index in [4.69, 9.17) is 0 Å². The molecule has 0 radical (unpaired) electrons. The summed E-state index contributed by atoms with van der Waals surface area (Å²) in [4.78, 5) is 11.6. The van der Waals surface area contributed by atoms with Gasteiger partial charge in [0.05, 0.1) is 9.97 Å². The van der Waals surface area contributed by atoms with Crippen LogP contribution in [0.5, 0.6) is 0 Å². The van der Waals surface area contributed by atoms with Crippen molar-refractivity contribution in [3.63, 3.8) is 0 Å². The Morgan fingerprint density at radius 1 is 1.42 bits per heavy atom. The van der Waals surface area contributed by atoms with Crippen molar-refractivity contribution in [1.82, 2.24) is 5.32 Å². The van der Waals surface area contributed by atoms with Crippen LogP contribution in [-0.2, 0) is 4.79 Å². The van der Waals surface area contributed by atoms with E-state index < -0.39 is 0 Å². The van der Waals surface area contributed by atoms with Crippen molar-refractivity contribution >= 4 is 28.4 Å². The van der Waals surface area contributed by atoms with Crippen molar-refractivity contribution in [3.05, 3.63) is 0 Å². The Morgan fingerprint density at radius 3 is 2.42 bits per heavy atom. The second-order valence-corrected chi connectivity index (χ2v) is 4.21. The fourth-order valence-electron chi connectivity index (χ4n) is 1.95. The molecular formula is C9H16INO. The first kappa shape index (κ1) is 10.4. The SMILES string of the molecule is CNC1(C(=O)CI)CCCCC1. The lowest BCUT2D eigenvalue weighted by atomic mass is 9.79. The molecule has 0 unspecified atom stereocenters. The average Bonchev–Trinajstić information content (AvgIpc) is 2.17. The van der Waals surface area contributed by atoms with Gasteiger partial charge in [0.2, 0.25) is 0 Å². The second kappa shape index (κ2) is 4.56. The highest BCUT2D eigenvalue weighted by molar-refractivity contribution is 14.1. The Morgan fingerprint density at radius 2 is 2.00 bits per heavy atom. The zero-order chi connectivity index (χ0) is 9.03. The van der Waals surface area contributed by atoms with Crippen molar-refractivity contribution in [2.75, 3.05) is 11.5 Å². The Kier molecular flexibility index (Phi) is 3.96. The lowest BCUT2D eigenvalue weighted by Gasteiger charge is -2.35. The molecule has 1 aliphatic carbocycles. The van der Waals surface area contributed by atoms with E-state index in [2.05, 4.69) is 27.9 Å². The number of hydrogen-bond acceptors (Lipinski definition) is 2. The van der Waals surface area contributed by atoms with Gasteiger partial charge in [0.15, 0.2) is 5.78 Å². The zero-order valence-electron chi connectivity index (χ0n) is 7.53. The number of likely N-dealkylation sites (N-methyl/N-ethyl adjacent to an activating group) is 1. The number of Topliss-reactive ketones (excluding diaryl/α,β-unsaturated/α-hetero) is 1. The first-order chi connectivity index (χ1) is 5.75. The highest BCUT2D eigenvalue weighted by atomic mass is 127. The quantitative estimate of drug-likeness (QED) is 0.632. The van der Waals surface area contributed by atoms with Crippen molar-refractivity contribution in [1.29, 1.82) is 0 Å². The van der Waals surface area contributed by atoms with Crippen LogP contribution in [0.1, 0.15) is 32.1 Å². The molecule has 0 aromatic carbocycles. The number of carbonyl (C=O) groups is 1. The molecule has 12 heavy (non-hydrogen) atoms. The molecule has 1 saturated carbocycles. The van der Waals surface area contributed by atoms with Crippen LogP contribution in [0.2, 0.25) is 0 Å². The standard InChI is InChI=1S/C9H16INO/c1-11-9(8(12)7-10)5-3-2-4-6-9/h11H,2-7H2,1H3. The fourth-order valence-corrected chi connectivity index (χ4v) is 2.68. The topological polar surface area (TPSA) is 29.1 Å². The van der Waals surface area contributed by atoms with Gasteiger partial charge in [-0.3, -0.25) is 4.79 Å². The zero-order valence-corrected chi connectivity index (χ0v) is 9.69. The summed E-state index contributed by atoms with van der Waals surface area (Å²) in [6.45, 7) is 0. The molecule has 0 saturated heterocycles. The Balaban J connectivity index is 2.66. The normalized spacial score (nSPS) is 22.2. The van der Waals surface area contributed by atoms with E-state index in [-0.39, 0.29) is 5.54 Å². The lowest BCUT2D eigenvalue weighted by molar-refractivity contribution is -0.123. The molecule has 0 amide bonds. The summed E-state index contributed by atoms with van der Waals surface area (Å²) in [5.74, 6) is 0.380. The summed E-state index contributed by atoms with van der Waals surface area (Å²) < 4.78 is 0.638. The van der Waals surface area contributed by atoms with Gasteiger partial charge in [-0.1, -0.05) is 41.9 Å². The van der Waals surface area contributed by atoms with Crippen molar-refractivity contribution < 1.29 is 4.79 Å². The minimum Gasteiger partial charge on any atom is -0.308 e. The van der Waals surface area contributed by atoms with Gasteiger partial charge < -0.3 is 5.32 Å². The van der Waals surface area contributed by atoms with Gasteiger partial charge in [-0.2, -0.15) is 0 Å². The van der Waals surface area contributed by atoms with Gasteiger partial charge in [-0.15, -0.1) is 0 Å². The molecule has 0 heterocycles. The monoisotopic (exact) mass is 281 g/mol. The maximum Gasteiger partial charge on any atom is 0.162 e. The molecule has 0 aromatic heterocycles. The molecule has 1 fully saturated rings. The summed E-state index contributed by atoms with van der Waals surface area (Å²) in [5, 5.41) is 3.21. The molecule has 0 spiro atoms. The van der Waals surface area contributed by atoms with Gasteiger partial charge >= 0.3 is 0 Å². The molecule has 0 aromatic rings. The number of hydrogen-bond donors (Lipinski definition) is 1. The van der Waals surface area contributed by atoms with Crippen LogP contribution in [0.4, 0.5) is 0 Å². The first-order valence-electron chi connectivity index (χ1n) is 4.53. The highest BCUT2D eigenvalue weighted by Gasteiger charge is 2.36. The first-order valence-corrected chi connectivity index (χ1v) is 6.06. The van der Waals surface area contributed by atoms with Crippen LogP contribution in [0, 0.1) is 0 Å². The van der Waals surface area contributed by atoms with E-state index in [1.165, 1.54) is 19.3 Å². The Labute approximate surface area is 87.6 Å². The number of ketones is 1. The number of nitrogens with one attached hydrogen (secondary N) is 1. The largest absolute Gasteiger partial charge is 0.308 e. The summed E-state index contributed by atoms with van der Waals surface area (Å²) in [6.07, 6.45) is 5.75. The van der Waals surface area contributed by atoms with Crippen molar-refractivity contribution in [2.45, 2.75) is 37.6 Å². The van der Waals surface area contributed by atoms with E-state index >= 15 is 0 Å². The van der Waals surface area contributed by atoms with E-state index in [1.807, 2.05) is 7.05 Å². The summed E-state index contributed by atoms with van der Waals surface area (Å²) in [6, 6.07) is 0. The van der Waals surface area contributed by atoms with Crippen LogP contribution < -0.4 is 5.32 Å². The minimum absolute atomic E-state index is 0.167. The number of halogens is 1. The smallest absolute Gasteiger partial charge is 0.162 e. The number of carbonyl (C=O) groups excluding carboxylic acids is 1. The molecule has 0 atom stereocenters.